The van der Waals surface area contributed by atoms with Gasteiger partial charge < -0.3 is 15.0 Å². The summed E-state index contributed by atoms with van der Waals surface area (Å²) in [7, 11) is 1.32. The third-order valence-electron chi connectivity index (χ3n) is 4.74. The number of methoxy groups -OCH3 is 1. The first-order valence-corrected chi connectivity index (χ1v) is 8.94. The van der Waals surface area contributed by atoms with Gasteiger partial charge in [0, 0.05) is 18.8 Å². The minimum Gasteiger partial charge on any atom is -0.465 e. The molecule has 0 aliphatic heterocycles. The average Bonchev–Trinajstić information content (AvgIpc) is 2.68. The standard InChI is InChI=1S/C20H26N2O4/c1-4-22(5-2)19(24)17-9-7-6-8-16(17)18(23)21-15-12-10-14(11-13-15)20(25)26-3/h6-7,10-13,16-17H,4-5,8-9H2,1-3H3,(H,21,23). The maximum Gasteiger partial charge on any atom is 0.337 e. The number of amides is 2. The van der Waals surface area contributed by atoms with Gasteiger partial charge in [0.1, 0.15) is 0 Å². The zero-order chi connectivity index (χ0) is 19.1. The molecule has 1 aliphatic carbocycles. The average molecular weight is 358 g/mol. The summed E-state index contributed by atoms with van der Waals surface area (Å²) in [6.07, 6.45) is 5.05. The van der Waals surface area contributed by atoms with Crippen molar-refractivity contribution in [2.45, 2.75) is 26.7 Å². The third kappa shape index (κ3) is 4.50. The summed E-state index contributed by atoms with van der Waals surface area (Å²) in [6.45, 7) is 5.16. The van der Waals surface area contributed by atoms with E-state index in [1.165, 1.54) is 7.11 Å². The Morgan fingerprint density at radius 3 is 2.15 bits per heavy atom. The lowest BCUT2D eigenvalue weighted by molar-refractivity contribution is -0.140. The number of hydrogen-bond acceptors (Lipinski definition) is 4. The van der Waals surface area contributed by atoms with Crippen LogP contribution >= 0.6 is 0 Å². The van der Waals surface area contributed by atoms with Gasteiger partial charge in [0.25, 0.3) is 0 Å². The Morgan fingerprint density at radius 2 is 1.62 bits per heavy atom. The van der Waals surface area contributed by atoms with Crippen LogP contribution in [0.2, 0.25) is 0 Å². The minimum atomic E-state index is -0.426. The van der Waals surface area contributed by atoms with Crippen molar-refractivity contribution in [2.24, 2.45) is 11.8 Å². The summed E-state index contributed by atoms with van der Waals surface area (Å²) in [5, 5.41) is 2.86. The Kier molecular flexibility index (Phi) is 6.95. The number of nitrogens with zero attached hydrogens (tertiary/aromatic N) is 1. The molecule has 0 bridgehead atoms. The normalized spacial score (nSPS) is 18.9. The van der Waals surface area contributed by atoms with E-state index < -0.39 is 11.9 Å². The number of carbonyl (C=O) groups is 3. The molecule has 1 N–H and O–H groups in total. The zero-order valence-corrected chi connectivity index (χ0v) is 15.5. The Balaban J connectivity index is 2.10. The summed E-state index contributed by atoms with van der Waals surface area (Å²) >= 11 is 0. The fraction of sp³-hybridized carbons (Fsp3) is 0.450. The lowest BCUT2D eigenvalue weighted by atomic mass is 9.81. The van der Waals surface area contributed by atoms with Crippen LogP contribution in [-0.2, 0) is 14.3 Å². The first-order valence-electron chi connectivity index (χ1n) is 8.94. The van der Waals surface area contributed by atoms with Crippen molar-refractivity contribution in [3.8, 4) is 0 Å². The van der Waals surface area contributed by atoms with Crippen LogP contribution in [0, 0.1) is 11.8 Å². The molecule has 6 heteroatoms. The Hall–Kier alpha value is -2.63. The van der Waals surface area contributed by atoms with Crippen LogP contribution in [-0.4, -0.2) is 42.9 Å². The highest BCUT2D eigenvalue weighted by molar-refractivity contribution is 5.97. The van der Waals surface area contributed by atoms with E-state index in [2.05, 4.69) is 10.1 Å². The lowest BCUT2D eigenvalue weighted by Crippen LogP contribution is -2.43. The molecule has 1 aliphatic rings. The fourth-order valence-corrected chi connectivity index (χ4v) is 3.19. The van der Waals surface area contributed by atoms with Gasteiger partial charge in [-0.25, -0.2) is 4.79 Å². The van der Waals surface area contributed by atoms with Crippen molar-refractivity contribution in [2.75, 3.05) is 25.5 Å². The number of benzene rings is 1. The van der Waals surface area contributed by atoms with Gasteiger partial charge in [-0.3, -0.25) is 9.59 Å². The highest BCUT2D eigenvalue weighted by Gasteiger charge is 2.35. The highest BCUT2D eigenvalue weighted by atomic mass is 16.5. The molecule has 2 amide bonds. The molecule has 2 rings (SSSR count). The molecule has 0 fully saturated rings. The van der Waals surface area contributed by atoms with Crippen LogP contribution in [0.25, 0.3) is 0 Å². The molecular weight excluding hydrogens is 332 g/mol. The SMILES string of the molecule is CCN(CC)C(=O)C1CC=CCC1C(=O)Nc1ccc(C(=O)OC)cc1. The predicted molar refractivity (Wildman–Crippen MR) is 99.7 cm³/mol. The second-order valence-corrected chi connectivity index (χ2v) is 6.22. The molecule has 0 saturated carbocycles. The van der Waals surface area contributed by atoms with E-state index in [0.717, 1.165) is 0 Å². The summed E-state index contributed by atoms with van der Waals surface area (Å²) in [6, 6.07) is 6.51. The Labute approximate surface area is 154 Å². The number of esters is 1. The van der Waals surface area contributed by atoms with Crippen molar-refractivity contribution in [3.63, 3.8) is 0 Å². The van der Waals surface area contributed by atoms with E-state index in [-0.39, 0.29) is 17.7 Å². The van der Waals surface area contributed by atoms with Crippen LogP contribution < -0.4 is 5.32 Å². The molecule has 1 aromatic carbocycles. The van der Waals surface area contributed by atoms with E-state index in [9.17, 15) is 14.4 Å². The summed E-state index contributed by atoms with van der Waals surface area (Å²) in [5.74, 6) is -1.31. The fourth-order valence-electron chi connectivity index (χ4n) is 3.19. The molecule has 140 valence electrons. The smallest absolute Gasteiger partial charge is 0.337 e. The van der Waals surface area contributed by atoms with E-state index in [1.807, 2.05) is 26.0 Å². The van der Waals surface area contributed by atoms with E-state index >= 15 is 0 Å². The number of ether oxygens (including phenoxy) is 1. The molecule has 6 nitrogen and oxygen atoms in total. The molecule has 0 saturated heterocycles. The van der Waals surface area contributed by atoms with Crippen molar-refractivity contribution >= 4 is 23.5 Å². The number of anilines is 1. The van der Waals surface area contributed by atoms with Gasteiger partial charge in [-0.2, -0.15) is 0 Å². The van der Waals surface area contributed by atoms with Gasteiger partial charge in [-0.05, 0) is 51.0 Å². The van der Waals surface area contributed by atoms with E-state index in [4.69, 9.17) is 0 Å². The largest absolute Gasteiger partial charge is 0.465 e. The third-order valence-corrected chi connectivity index (χ3v) is 4.74. The van der Waals surface area contributed by atoms with Crippen LogP contribution in [0.15, 0.2) is 36.4 Å². The molecule has 0 spiro atoms. The van der Waals surface area contributed by atoms with Gasteiger partial charge in [-0.15, -0.1) is 0 Å². The maximum absolute atomic E-state index is 12.7. The second-order valence-electron chi connectivity index (χ2n) is 6.22. The molecule has 0 heterocycles. The predicted octanol–water partition coefficient (Wildman–Crippen LogP) is 2.86. The van der Waals surface area contributed by atoms with E-state index in [0.29, 0.717) is 37.2 Å². The molecule has 26 heavy (non-hydrogen) atoms. The summed E-state index contributed by atoms with van der Waals surface area (Å²) in [5.41, 5.74) is 1.01. The number of rotatable bonds is 6. The lowest BCUT2D eigenvalue weighted by Gasteiger charge is -2.31. The zero-order valence-electron chi connectivity index (χ0n) is 15.5. The molecule has 2 unspecified atom stereocenters. The van der Waals surface area contributed by atoms with Gasteiger partial charge in [0.15, 0.2) is 0 Å². The topological polar surface area (TPSA) is 75.7 Å². The minimum absolute atomic E-state index is 0.0283. The van der Waals surface area contributed by atoms with Crippen LogP contribution in [0.3, 0.4) is 0 Å². The van der Waals surface area contributed by atoms with Gasteiger partial charge in [0.2, 0.25) is 11.8 Å². The highest BCUT2D eigenvalue weighted by Crippen LogP contribution is 2.29. The van der Waals surface area contributed by atoms with Crippen LogP contribution in [0.5, 0.6) is 0 Å². The number of hydrogen-bond donors (Lipinski definition) is 1. The molecule has 0 radical (unpaired) electrons. The van der Waals surface area contributed by atoms with Crippen LogP contribution in [0.4, 0.5) is 5.69 Å². The Bertz CT molecular complexity index is 678. The number of allylic oxidation sites excluding steroid dienone is 2. The van der Waals surface area contributed by atoms with Crippen LogP contribution in [0.1, 0.15) is 37.0 Å². The van der Waals surface area contributed by atoms with Gasteiger partial charge in [0.05, 0.1) is 24.5 Å². The van der Waals surface area contributed by atoms with Crippen molar-refractivity contribution in [3.05, 3.63) is 42.0 Å². The van der Waals surface area contributed by atoms with Crippen molar-refractivity contribution < 1.29 is 19.1 Å². The second kappa shape index (κ2) is 9.17. The first-order chi connectivity index (χ1) is 12.5. The quantitative estimate of drug-likeness (QED) is 0.627. The monoisotopic (exact) mass is 358 g/mol. The van der Waals surface area contributed by atoms with Gasteiger partial charge >= 0.3 is 5.97 Å². The Morgan fingerprint density at radius 1 is 1.04 bits per heavy atom. The maximum atomic E-state index is 12.7. The molecular formula is C20H26N2O4. The summed E-state index contributed by atoms with van der Waals surface area (Å²) < 4.78 is 4.66. The van der Waals surface area contributed by atoms with Gasteiger partial charge in [-0.1, -0.05) is 12.2 Å². The molecule has 1 aromatic rings. The summed E-state index contributed by atoms with van der Waals surface area (Å²) in [4.78, 5) is 38.7. The molecule has 2 atom stereocenters. The van der Waals surface area contributed by atoms with Crippen molar-refractivity contribution in [1.82, 2.24) is 4.90 Å². The van der Waals surface area contributed by atoms with Crippen molar-refractivity contribution in [1.29, 1.82) is 0 Å². The molecule has 0 aromatic heterocycles. The first kappa shape index (κ1) is 19.7. The van der Waals surface area contributed by atoms with E-state index in [1.54, 1.807) is 29.2 Å². The number of nitrogens with one attached hydrogen (secondary N) is 1. The number of carbonyl (C=O) groups excluding carboxylic acids is 3.